The number of anilines is 1. The maximum absolute atomic E-state index is 13.4. The molecule has 2 aromatic carbocycles. The fourth-order valence-electron chi connectivity index (χ4n) is 4.66. The summed E-state index contributed by atoms with van der Waals surface area (Å²) in [5.41, 5.74) is 6.32. The first kappa shape index (κ1) is 17.6. The van der Waals surface area contributed by atoms with Gasteiger partial charge in [-0.25, -0.2) is 0 Å². The van der Waals surface area contributed by atoms with Crippen LogP contribution in [0, 0.1) is 5.41 Å². The van der Waals surface area contributed by atoms with E-state index in [4.69, 9.17) is 0 Å². The molecule has 1 aliphatic heterocycles. The van der Waals surface area contributed by atoms with E-state index >= 15 is 0 Å². The third-order valence-electron chi connectivity index (χ3n) is 5.81. The Balaban J connectivity index is 1.83. The third kappa shape index (κ3) is 2.70. The summed E-state index contributed by atoms with van der Waals surface area (Å²) < 4.78 is 1.02. The van der Waals surface area contributed by atoms with Crippen LogP contribution in [0.25, 0.3) is 16.5 Å². The minimum absolute atomic E-state index is 0.0482. The van der Waals surface area contributed by atoms with E-state index in [1.165, 1.54) is 5.57 Å². The van der Waals surface area contributed by atoms with Crippen molar-refractivity contribution in [2.75, 3.05) is 5.32 Å². The standard InChI is InChI=1S/C24H21BrN2O/c1-24(2)12-16-21-15-7-5-11-26-18(15)9-10-19(21)27-23(22(16)20(28)13-24)14-6-3-4-8-17(14)25/h3-11,23,27H,12-13H2,1-2H3/t23-/m0/s1. The zero-order chi connectivity index (χ0) is 19.5. The number of pyridine rings is 1. The van der Waals surface area contributed by atoms with Gasteiger partial charge < -0.3 is 5.32 Å². The van der Waals surface area contributed by atoms with Gasteiger partial charge in [0, 0.05) is 39.3 Å². The lowest BCUT2D eigenvalue weighted by Gasteiger charge is -2.40. The molecule has 0 radical (unpaired) electrons. The molecular weight excluding hydrogens is 412 g/mol. The van der Waals surface area contributed by atoms with E-state index < -0.39 is 0 Å². The summed E-state index contributed by atoms with van der Waals surface area (Å²) in [6, 6.07) is 16.3. The van der Waals surface area contributed by atoms with Gasteiger partial charge in [-0.1, -0.05) is 54.0 Å². The lowest BCUT2D eigenvalue weighted by atomic mass is 9.68. The summed E-state index contributed by atoms with van der Waals surface area (Å²) in [6.45, 7) is 4.38. The first-order valence-corrected chi connectivity index (χ1v) is 10.4. The van der Waals surface area contributed by atoms with Gasteiger partial charge in [0.05, 0.1) is 11.6 Å². The van der Waals surface area contributed by atoms with Gasteiger partial charge in [0.25, 0.3) is 0 Å². The van der Waals surface area contributed by atoms with Crippen LogP contribution in [0.5, 0.6) is 0 Å². The molecule has 28 heavy (non-hydrogen) atoms. The van der Waals surface area contributed by atoms with Gasteiger partial charge in [-0.05, 0) is 47.2 Å². The lowest BCUT2D eigenvalue weighted by molar-refractivity contribution is -0.118. The van der Waals surface area contributed by atoms with Crippen molar-refractivity contribution in [1.82, 2.24) is 4.98 Å². The number of hydrogen-bond donors (Lipinski definition) is 1. The molecule has 0 spiro atoms. The molecule has 0 bridgehead atoms. The Morgan fingerprint density at radius 2 is 1.89 bits per heavy atom. The second-order valence-electron chi connectivity index (χ2n) is 8.49. The minimum atomic E-state index is -0.143. The summed E-state index contributed by atoms with van der Waals surface area (Å²) >= 11 is 3.69. The molecule has 2 aliphatic rings. The summed E-state index contributed by atoms with van der Waals surface area (Å²) in [4.78, 5) is 17.9. The van der Waals surface area contributed by atoms with Crippen LogP contribution in [-0.2, 0) is 4.79 Å². The molecule has 2 heterocycles. The average Bonchev–Trinajstić information content (AvgIpc) is 2.66. The number of ketones is 1. The predicted molar refractivity (Wildman–Crippen MR) is 117 cm³/mol. The van der Waals surface area contributed by atoms with E-state index in [-0.39, 0.29) is 17.2 Å². The number of benzene rings is 2. The van der Waals surface area contributed by atoms with E-state index in [2.05, 4.69) is 64.3 Å². The Kier molecular flexibility index (Phi) is 3.95. The summed E-state index contributed by atoms with van der Waals surface area (Å²) in [6.07, 6.45) is 3.28. The highest BCUT2D eigenvalue weighted by molar-refractivity contribution is 9.10. The Morgan fingerprint density at radius 3 is 2.71 bits per heavy atom. The number of rotatable bonds is 1. The number of Topliss-reactive ketones (excluding diaryl/α,β-unsaturated/α-hetero) is 1. The Bertz CT molecular complexity index is 1160. The summed E-state index contributed by atoms with van der Waals surface area (Å²) in [5, 5.41) is 4.77. The number of nitrogens with zero attached hydrogens (tertiary/aromatic N) is 1. The fraction of sp³-hybridized carbons (Fsp3) is 0.250. The van der Waals surface area contributed by atoms with Gasteiger partial charge in [0.1, 0.15) is 0 Å². The normalized spacial score (nSPS) is 20.5. The molecule has 140 valence electrons. The molecule has 1 aliphatic carbocycles. The number of allylic oxidation sites excluding steroid dienone is 1. The molecule has 5 rings (SSSR count). The molecule has 3 nitrogen and oxygen atoms in total. The third-order valence-corrected chi connectivity index (χ3v) is 6.53. The van der Waals surface area contributed by atoms with Crippen molar-refractivity contribution in [2.24, 2.45) is 5.41 Å². The number of nitrogens with one attached hydrogen (secondary N) is 1. The molecule has 1 N–H and O–H groups in total. The first-order valence-electron chi connectivity index (χ1n) is 9.60. The second-order valence-corrected chi connectivity index (χ2v) is 9.34. The van der Waals surface area contributed by atoms with Crippen LogP contribution in [0.15, 0.2) is 64.8 Å². The van der Waals surface area contributed by atoms with Crippen molar-refractivity contribution in [1.29, 1.82) is 0 Å². The smallest absolute Gasteiger partial charge is 0.162 e. The molecule has 0 saturated heterocycles. The summed E-state index contributed by atoms with van der Waals surface area (Å²) in [7, 11) is 0. The molecule has 1 atom stereocenters. The second kappa shape index (κ2) is 6.28. The van der Waals surface area contributed by atoms with Crippen LogP contribution < -0.4 is 5.32 Å². The monoisotopic (exact) mass is 432 g/mol. The van der Waals surface area contributed by atoms with E-state index in [9.17, 15) is 4.79 Å². The quantitative estimate of drug-likeness (QED) is 0.489. The minimum Gasteiger partial charge on any atom is -0.373 e. The van der Waals surface area contributed by atoms with E-state index in [1.807, 2.05) is 30.5 Å². The van der Waals surface area contributed by atoms with Crippen molar-refractivity contribution in [2.45, 2.75) is 32.7 Å². The predicted octanol–water partition coefficient (Wildman–Crippen LogP) is 6.31. The van der Waals surface area contributed by atoms with E-state index in [0.717, 1.165) is 44.2 Å². The highest BCUT2D eigenvalue weighted by atomic mass is 79.9. The van der Waals surface area contributed by atoms with Crippen LogP contribution in [0.2, 0.25) is 0 Å². The van der Waals surface area contributed by atoms with Crippen molar-refractivity contribution in [3.05, 3.63) is 75.9 Å². The Morgan fingerprint density at radius 1 is 1.07 bits per heavy atom. The number of aromatic nitrogens is 1. The van der Waals surface area contributed by atoms with Gasteiger partial charge in [0.15, 0.2) is 5.78 Å². The van der Waals surface area contributed by atoms with Crippen LogP contribution >= 0.6 is 15.9 Å². The molecule has 0 fully saturated rings. The van der Waals surface area contributed by atoms with Crippen LogP contribution in [-0.4, -0.2) is 10.8 Å². The first-order chi connectivity index (χ1) is 13.4. The molecule has 0 unspecified atom stereocenters. The van der Waals surface area contributed by atoms with Crippen LogP contribution in [0.4, 0.5) is 5.69 Å². The number of halogens is 1. The van der Waals surface area contributed by atoms with Gasteiger partial charge in [-0.3, -0.25) is 9.78 Å². The van der Waals surface area contributed by atoms with E-state index in [1.54, 1.807) is 0 Å². The molecule has 0 amide bonds. The van der Waals surface area contributed by atoms with Crippen LogP contribution in [0.3, 0.4) is 0 Å². The highest BCUT2D eigenvalue weighted by Gasteiger charge is 2.41. The number of hydrogen-bond acceptors (Lipinski definition) is 3. The van der Waals surface area contributed by atoms with Crippen molar-refractivity contribution in [3.8, 4) is 0 Å². The maximum atomic E-state index is 13.4. The topological polar surface area (TPSA) is 42.0 Å². The SMILES string of the molecule is CC1(C)CC(=O)C2=C(C1)c1c(ccc3ncccc13)N[C@H]2c1ccccc1Br. The lowest BCUT2D eigenvalue weighted by Crippen LogP contribution is -2.33. The largest absolute Gasteiger partial charge is 0.373 e. The Hall–Kier alpha value is -2.46. The fourth-order valence-corrected chi connectivity index (χ4v) is 5.17. The molecule has 1 aromatic heterocycles. The number of carbonyl (C=O) groups is 1. The number of fused-ring (bicyclic) bond motifs is 4. The van der Waals surface area contributed by atoms with Crippen molar-refractivity contribution in [3.63, 3.8) is 0 Å². The van der Waals surface area contributed by atoms with Crippen LogP contribution in [0.1, 0.15) is 43.9 Å². The van der Waals surface area contributed by atoms with Gasteiger partial charge in [-0.15, -0.1) is 0 Å². The maximum Gasteiger partial charge on any atom is 0.162 e. The zero-order valence-electron chi connectivity index (χ0n) is 15.9. The zero-order valence-corrected chi connectivity index (χ0v) is 17.5. The molecule has 3 aromatic rings. The molecule has 4 heteroatoms. The summed E-state index contributed by atoms with van der Waals surface area (Å²) in [5.74, 6) is 0.242. The Labute approximate surface area is 173 Å². The average molecular weight is 433 g/mol. The van der Waals surface area contributed by atoms with Crippen molar-refractivity contribution >= 4 is 43.9 Å². The molecular formula is C24H21BrN2O. The van der Waals surface area contributed by atoms with Gasteiger partial charge >= 0.3 is 0 Å². The molecule has 0 saturated carbocycles. The van der Waals surface area contributed by atoms with Gasteiger partial charge in [0.2, 0.25) is 0 Å². The van der Waals surface area contributed by atoms with Gasteiger partial charge in [-0.2, -0.15) is 0 Å². The highest BCUT2D eigenvalue weighted by Crippen LogP contribution is 2.52. The van der Waals surface area contributed by atoms with E-state index in [0.29, 0.717) is 6.42 Å². The van der Waals surface area contributed by atoms with Crippen molar-refractivity contribution < 1.29 is 4.79 Å². The number of carbonyl (C=O) groups excluding carboxylic acids is 1.